The molecule has 1 aromatic carbocycles. The maximum Gasteiger partial charge on any atom is 0.254 e. The molecule has 2 aliphatic rings. The fourth-order valence-corrected chi connectivity index (χ4v) is 3.53. The zero-order chi connectivity index (χ0) is 17.2. The molecule has 2 aromatic rings. The molecule has 6 nitrogen and oxygen atoms in total. The van der Waals surface area contributed by atoms with Crippen LogP contribution in [0, 0.1) is 5.82 Å². The number of hydrogen-bond acceptors (Lipinski definition) is 5. The van der Waals surface area contributed by atoms with Gasteiger partial charge in [-0.2, -0.15) is 4.98 Å². The van der Waals surface area contributed by atoms with E-state index in [0.29, 0.717) is 37.0 Å². The molecule has 2 fully saturated rings. The Morgan fingerprint density at radius 1 is 1.16 bits per heavy atom. The van der Waals surface area contributed by atoms with Crippen LogP contribution in [-0.2, 0) is 4.74 Å². The molecule has 2 saturated heterocycles. The van der Waals surface area contributed by atoms with Crippen LogP contribution in [0.1, 0.15) is 59.7 Å². The van der Waals surface area contributed by atoms with Gasteiger partial charge in [-0.1, -0.05) is 5.16 Å². The van der Waals surface area contributed by atoms with Crippen molar-refractivity contribution in [2.75, 3.05) is 19.8 Å². The molecule has 0 bridgehead atoms. The summed E-state index contributed by atoms with van der Waals surface area (Å²) in [6.45, 7) is 2.07. The topological polar surface area (TPSA) is 68.5 Å². The van der Waals surface area contributed by atoms with Gasteiger partial charge >= 0.3 is 0 Å². The zero-order valence-corrected chi connectivity index (χ0v) is 13.9. The molecule has 1 atom stereocenters. The fraction of sp³-hybridized carbons (Fsp3) is 0.500. The minimum atomic E-state index is -0.354. The van der Waals surface area contributed by atoms with Crippen molar-refractivity contribution in [1.82, 2.24) is 15.0 Å². The van der Waals surface area contributed by atoms with Gasteiger partial charge in [0, 0.05) is 31.2 Å². The molecule has 25 heavy (non-hydrogen) atoms. The number of likely N-dealkylation sites (tertiary alicyclic amines) is 1. The van der Waals surface area contributed by atoms with Crippen LogP contribution in [0.2, 0.25) is 0 Å². The lowest BCUT2D eigenvalue weighted by Crippen LogP contribution is -2.30. The highest BCUT2D eigenvalue weighted by molar-refractivity contribution is 5.94. The molecule has 0 N–H and O–H groups in total. The van der Waals surface area contributed by atoms with Gasteiger partial charge in [0.1, 0.15) is 11.9 Å². The average molecular weight is 345 g/mol. The number of nitrogens with zero attached hydrogens (tertiary/aromatic N) is 3. The summed E-state index contributed by atoms with van der Waals surface area (Å²) >= 11 is 0. The first-order valence-electron chi connectivity index (χ1n) is 8.70. The number of amides is 1. The van der Waals surface area contributed by atoms with Gasteiger partial charge in [0.2, 0.25) is 5.89 Å². The van der Waals surface area contributed by atoms with E-state index < -0.39 is 0 Å². The first-order valence-corrected chi connectivity index (χ1v) is 8.70. The molecule has 0 radical (unpaired) electrons. The fourth-order valence-electron chi connectivity index (χ4n) is 3.53. The third-order valence-electron chi connectivity index (χ3n) is 4.93. The number of halogens is 1. The predicted octanol–water partition coefficient (Wildman–Crippen LogP) is 3.08. The highest BCUT2D eigenvalue weighted by Crippen LogP contribution is 2.34. The number of ether oxygens (including phenoxy) is 1. The van der Waals surface area contributed by atoms with Gasteiger partial charge in [0.25, 0.3) is 5.91 Å². The number of aromatic nitrogens is 2. The Morgan fingerprint density at radius 3 is 2.68 bits per heavy atom. The number of carbonyl (C=O) groups excluding carboxylic acids is 1. The van der Waals surface area contributed by atoms with E-state index in [9.17, 15) is 9.18 Å². The molecule has 132 valence electrons. The van der Waals surface area contributed by atoms with Gasteiger partial charge in [0.05, 0.1) is 0 Å². The second-order valence-corrected chi connectivity index (χ2v) is 6.54. The minimum absolute atomic E-state index is 0.131. The van der Waals surface area contributed by atoms with Gasteiger partial charge in [-0.3, -0.25) is 4.79 Å². The Kier molecular flexibility index (Phi) is 4.48. The maximum atomic E-state index is 13.1. The average Bonchev–Trinajstić information content (AvgIpc) is 3.32. The predicted molar refractivity (Wildman–Crippen MR) is 86.5 cm³/mol. The highest BCUT2D eigenvalue weighted by atomic mass is 19.1. The van der Waals surface area contributed by atoms with E-state index in [4.69, 9.17) is 9.26 Å². The highest BCUT2D eigenvalue weighted by Gasteiger charge is 2.35. The van der Waals surface area contributed by atoms with Gasteiger partial charge in [-0.15, -0.1) is 0 Å². The first kappa shape index (κ1) is 16.2. The normalized spacial score (nSPS) is 21.6. The second-order valence-electron chi connectivity index (χ2n) is 6.54. The van der Waals surface area contributed by atoms with Crippen LogP contribution < -0.4 is 0 Å². The van der Waals surface area contributed by atoms with Crippen molar-refractivity contribution in [2.45, 2.75) is 37.6 Å². The smallest absolute Gasteiger partial charge is 0.254 e. The summed E-state index contributed by atoms with van der Waals surface area (Å²) < 4.78 is 23.9. The van der Waals surface area contributed by atoms with Crippen molar-refractivity contribution in [2.24, 2.45) is 0 Å². The van der Waals surface area contributed by atoms with E-state index in [-0.39, 0.29) is 23.7 Å². The lowest BCUT2D eigenvalue weighted by molar-refractivity contribution is 0.0710. The molecule has 1 aromatic heterocycles. The molecule has 4 rings (SSSR count). The van der Waals surface area contributed by atoms with Crippen LogP contribution in [0.5, 0.6) is 0 Å². The molecule has 3 heterocycles. The molecule has 1 amide bonds. The summed E-state index contributed by atoms with van der Waals surface area (Å²) in [7, 11) is 0. The van der Waals surface area contributed by atoms with Gasteiger partial charge in [-0.05, 0) is 49.9 Å². The van der Waals surface area contributed by atoms with Crippen LogP contribution in [0.4, 0.5) is 4.39 Å². The van der Waals surface area contributed by atoms with Crippen molar-refractivity contribution < 1.29 is 18.4 Å². The number of hydrogen-bond donors (Lipinski definition) is 0. The number of rotatable bonds is 3. The zero-order valence-electron chi connectivity index (χ0n) is 13.9. The van der Waals surface area contributed by atoms with Crippen LogP contribution >= 0.6 is 0 Å². The molecule has 1 unspecified atom stereocenters. The second kappa shape index (κ2) is 6.92. The van der Waals surface area contributed by atoms with E-state index in [2.05, 4.69) is 10.1 Å². The van der Waals surface area contributed by atoms with Crippen LogP contribution in [-0.4, -0.2) is 40.7 Å². The maximum absolute atomic E-state index is 13.1. The Morgan fingerprint density at radius 2 is 1.92 bits per heavy atom. The third kappa shape index (κ3) is 3.28. The molecule has 0 saturated carbocycles. The molecule has 0 aliphatic carbocycles. The largest absolute Gasteiger partial charge is 0.381 e. The van der Waals surface area contributed by atoms with Crippen molar-refractivity contribution in [3.63, 3.8) is 0 Å². The van der Waals surface area contributed by atoms with Crippen LogP contribution in [0.25, 0.3) is 0 Å². The molecule has 7 heteroatoms. The van der Waals surface area contributed by atoms with Gasteiger partial charge < -0.3 is 14.2 Å². The summed E-state index contributed by atoms with van der Waals surface area (Å²) in [5.41, 5.74) is 0.470. The van der Waals surface area contributed by atoms with Crippen molar-refractivity contribution >= 4 is 5.91 Å². The lowest BCUT2D eigenvalue weighted by atomic mass is 10.00. The first-order chi connectivity index (χ1) is 12.2. The monoisotopic (exact) mass is 345 g/mol. The SMILES string of the molecule is O=C(c1ccc(F)cc1)N1CCCC1c1nc(C2CCOCC2)no1. The Bertz CT molecular complexity index is 740. The molecule has 2 aliphatic heterocycles. The standard InChI is InChI=1S/C18H20FN3O3/c19-14-5-3-13(4-6-14)18(23)22-9-1-2-15(22)17-20-16(21-25-17)12-7-10-24-11-8-12/h3-6,12,15H,1-2,7-11H2. The third-order valence-corrected chi connectivity index (χ3v) is 4.93. The van der Waals surface area contributed by atoms with Crippen molar-refractivity contribution in [3.8, 4) is 0 Å². The van der Waals surface area contributed by atoms with Crippen molar-refractivity contribution in [1.29, 1.82) is 0 Å². The Balaban J connectivity index is 1.52. The molecular formula is C18H20FN3O3. The lowest BCUT2D eigenvalue weighted by Gasteiger charge is -2.22. The quantitative estimate of drug-likeness (QED) is 0.855. The van der Waals surface area contributed by atoms with E-state index in [1.807, 2.05) is 0 Å². The summed E-state index contributed by atoms with van der Waals surface area (Å²) in [4.78, 5) is 19.1. The molecule has 0 spiro atoms. The van der Waals surface area contributed by atoms with E-state index in [0.717, 1.165) is 25.7 Å². The van der Waals surface area contributed by atoms with E-state index in [1.54, 1.807) is 4.90 Å². The van der Waals surface area contributed by atoms with Gasteiger partial charge in [0.15, 0.2) is 5.82 Å². The van der Waals surface area contributed by atoms with Gasteiger partial charge in [-0.25, -0.2) is 4.39 Å². The summed E-state index contributed by atoms with van der Waals surface area (Å²) in [5, 5.41) is 4.13. The summed E-state index contributed by atoms with van der Waals surface area (Å²) in [5.74, 6) is 0.976. The molecular weight excluding hydrogens is 325 g/mol. The Hall–Kier alpha value is -2.28. The van der Waals surface area contributed by atoms with Crippen molar-refractivity contribution in [3.05, 3.63) is 47.4 Å². The van der Waals surface area contributed by atoms with E-state index in [1.165, 1.54) is 24.3 Å². The minimum Gasteiger partial charge on any atom is -0.381 e. The van der Waals surface area contributed by atoms with E-state index >= 15 is 0 Å². The number of benzene rings is 1. The summed E-state index contributed by atoms with van der Waals surface area (Å²) in [6.07, 6.45) is 3.46. The number of carbonyl (C=O) groups is 1. The van der Waals surface area contributed by atoms with Crippen LogP contribution in [0.3, 0.4) is 0 Å². The van der Waals surface area contributed by atoms with Crippen LogP contribution in [0.15, 0.2) is 28.8 Å². The Labute approximate surface area is 145 Å². The summed E-state index contributed by atoms with van der Waals surface area (Å²) in [6, 6.07) is 5.41.